The van der Waals surface area contributed by atoms with Crippen molar-refractivity contribution < 1.29 is 4.79 Å². The molecule has 0 saturated heterocycles. The van der Waals surface area contributed by atoms with Crippen LogP contribution >= 0.6 is 15.9 Å². The van der Waals surface area contributed by atoms with Crippen LogP contribution in [0.15, 0.2) is 41.0 Å². The first-order valence-corrected chi connectivity index (χ1v) is 7.71. The Kier molecular flexibility index (Phi) is 4.73. The Balaban J connectivity index is 2.16. The van der Waals surface area contributed by atoms with Gasteiger partial charge in [0.1, 0.15) is 5.69 Å². The number of carbonyl (C=O) groups is 1. The van der Waals surface area contributed by atoms with E-state index in [0.29, 0.717) is 5.69 Å². The molecular formula is C16H20BrN3O. The number of carbonyl (C=O) groups excluding carboxylic acids is 1. The van der Waals surface area contributed by atoms with Gasteiger partial charge in [-0.3, -0.25) is 4.79 Å². The summed E-state index contributed by atoms with van der Waals surface area (Å²) in [6.07, 6.45) is 1.92. The number of benzene rings is 1. The van der Waals surface area contributed by atoms with Crippen LogP contribution in [0.4, 0.5) is 5.69 Å². The van der Waals surface area contributed by atoms with Crippen molar-refractivity contribution in [1.29, 1.82) is 0 Å². The van der Waals surface area contributed by atoms with Crippen LogP contribution in [0, 0.1) is 0 Å². The number of nitrogens with two attached hydrogens (primary N) is 1. The molecule has 1 aromatic carbocycles. The first-order chi connectivity index (χ1) is 9.88. The minimum Gasteiger partial charge on any atom is -0.399 e. The molecule has 0 aliphatic rings. The number of amides is 1. The third-order valence-electron chi connectivity index (χ3n) is 3.39. The van der Waals surface area contributed by atoms with Crippen molar-refractivity contribution in [2.24, 2.45) is 0 Å². The van der Waals surface area contributed by atoms with Crippen molar-refractivity contribution in [2.75, 3.05) is 5.73 Å². The Morgan fingerprint density at radius 3 is 2.43 bits per heavy atom. The topological polar surface area (TPSA) is 60.0 Å². The van der Waals surface area contributed by atoms with E-state index in [2.05, 4.69) is 21.2 Å². The van der Waals surface area contributed by atoms with Crippen LogP contribution in [-0.4, -0.2) is 10.5 Å². The van der Waals surface area contributed by atoms with Crippen LogP contribution in [0.3, 0.4) is 0 Å². The van der Waals surface area contributed by atoms with E-state index in [1.54, 1.807) is 0 Å². The summed E-state index contributed by atoms with van der Waals surface area (Å²) in [7, 11) is 0. The predicted molar refractivity (Wildman–Crippen MR) is 89.3 cm³/mol. The quantitative estimate of drug-likeness (QED) is 0.822. The van der Waals surface area contributed by atoms with E-state index in [1.165, 1.54) is 0 Å². The molecule has 5 heteroatoms. The van der Waals surface area contributed by atoms with E-state index in [-0.39, 0.29) is 18.0 Å². The monoisotopic (exact) mass is 349 g/mol. The van der Waals surface area contributed by atoms with Crippen LogP contribution in [0.5, 0.6) is 0 Å². The first kappa shape index (κ1) is 15.6. The zero-order valence-corrected chi connectivity index (χ0v) is 14.0. The Bertz CT molecular complexity index is 631. The van der Waals surface area contributed by atoms with Crippen molar-refractivity contribution in [2.45, 2.75) is 32.9 Å². The molecule has 2 aromatic rings. The molecular weight excluding hydrogens is 330 g/mol. The summed E-state index contributed by atoms with van der Waals surface area (Å²) >= 11 is 3.42. The number of aromatic nitrogens is 1. The van der Waals surface area contributed by atoms with Gasteiger partial charge in [0.25, 0.3) is 5.91 Å². The number of nitrogens with zero attached hydrogens (tertiary/aromatic N) is 1. The molecule has 1 amide bonds. The second kappa shape index (κ2) is 6.35. The number of nitrogen functional groups attached to an aromatic ring is 1. The highest BCUT2D eigenvalue weighted by molar-refractivity contribution is 9.10. The molecule has 2 rings (SSSR count). The predicted octanol–water partition coefficient (Wildman–Crippen LogP) is 3.90. The van der Waals surface area contributed by atoms with Crippen molar-refractivity contribution >= 4 is 27.5 Å². The van der Waals surface area contributed by atoms with Gasteiger partial charge in [0.05, 0.1) is 6.04 Å². The fourth-order valence-electron chi connectivity index (χ4n) is 2.19. The SMILES string of the molecule is CC(NC(=O)c1cc(Br)cn1C(C)C)c1ccc(N)cc1. The van der Waals surface area contributed by atoms with Crippen molar-refractivity contribution in [3.8, 4) is 0 Å². The number of nitrogens with one attached hydrogen (secondary N) is 1. The van der Waals surface area contributed by atoms with Gasteiger partial charge < -0.3 is 15.6 Å². The minimum atomic E-state index is -0.0845. The van der Waals surface area contributed by atoms with Gasteiger partial charge in [-0.05, 0) is 60.5 Å². The van der Waals surface area contributed by atoms with Gasteiger partial charge in [-0.15, -0.1) is 0 Å². The van der Waals surface area contributed by atoms with E-state index in [0.717, 1.165) is 15.7 Å². The zero-order valence-electron chi connectivity index (χ0n) is 12.4. The fraction of sp³-hybridized carbons (Fsp3) is 0.312. The lowest BCUT2D eigenvalue weighted by molar-refractivity contribution is 0.0929. The normalized spacial score (nSPS) is 12.4. The molecule has 1 unspecified atom stereocenters. The number of rotatable bonds is 4. The number of hydrogen-bond donors (Lipinski definition) is 2. The van der Waals surface area contributed by atoms with Gasteiger partial charge in [0.2, 0.25) is 0 Å². The lowest BCUT2D eigenvalue weighted by Crippen LogP contribution is -2.28. The maximum absolute atomic E-state index is 12.5. The number of halogens is 1. The Hall–Kier alpha value is -1.75. The summed E-state index contributed by atoms with van der Waals surface area (Å²) in [4.78, 5) is 12.5. The Morgan fingerprint density at radius 2 is 1.86 bits per heavy atom. The van der Waals surface area contributed by atoms with E-state index in [1.807, 2.05) is 61.9 Å². The third-order valence-corrected chi connectivity index (χ3v) is 3.82. The summed E-state index contributed by atoms with van der Waals surface area (Å²) < 4.78 is 2.86. The van der Waals surface area contributed by atoms with Crippen molar-refractivity contribution in [3.05, 3.63) is 52.3 Å². The van der Waals surface area contributed by atoms with Crippen molar-refractivity contribution in [3.63, 3.8) is 0 Å². The molecule has 0 radical (unpaired) electrons. The summed E-state index contributed by atoms with van der Waals surface area (Å²) in [5.41, 5.74) is 8.08. The van der Waals surface area contributed by atoms with E-state index < -0.39 is 0 Å². The first-order valence-electron chi connectivity index (χ1n) is 6.92. The van der Waals surface area contributed by atoms with Gasteiger partial charge >= 0.3 is 0 Å². The third kappa shape index (κ3) is 3.67. The molecule has 21 heavy (non-hydrogen) atoms. The molecule has 0 bridgehead atoms. The lowest BCUT2D eigenvalue weighted by atomic mass is 10.1. The average molecular weight is 350 g/mol. The molecule has 1 atom stereocenters. The maximum atomic E-state index is 12.5. The van der Waals surface area contributed by atoms with Crippen LogP contribution in [0.2, 0.25) is 0 Å². The Morgan fingerprint density at radius 1 is 1.24 bits per heavy atom. The Labute approximate surface area is 133 Å². The molecule has 1 heterocycles. The van der Waals surface area contributed by atoms with Gasteiger partial charge in [-0.2, -0.15) is 0 Å². The largest absolute Gasteiger partial charge is 0.399 e. The molecule has 112 valence electrons. The molecule has 0 aliphatic carbocycles. The maximum Gasteiger partial charge on any atom is 0.268 e. The highest BCUT2D eigenvalue weighted by atomic mass is 79.9. The van der Waals surface area contributed by atoms with Crippen molar-refractivity contribution in [1.82, 2.24) is 9.88 Å². The van der Waals surface area contributed by atoms with Gasteiger partial charge in [0, 0.05) is 22.4 Å². The second-order valence-corrected chi connectivity index (χ2v) is 6.32. The standard InChI is InChI=1S/C16H20BrN3O/c1-10(2)20-9-13(17)8-15(20)16(21)19-11(3)12-4-6-14(18)7-5-12/h4-11H,18H2,1-3H3,(H,19,21). The van der Waals surface area contributed by atoms with Gasteiger partial charge in [-0.25, -0.2) is 0 Å². The summed E-state index contributed by atoms with van der Waals surface area (Å²) in [6, 6.07) is 9.52. The molecule has 3 N–H and O–H groups in total. The summed E-state index contributed by atoms with van der Waals surface area (Å²) in [6.45, 7) is 6.06. The summed E-state index contributed by atoms with van der Waals surface area (Å²) in [5, 5.41) is 3.02. The molecule has 0 spiro atoms. The van der Waals surface area contributed by atoms with Crippen LogP contribution in [0.1, 0.15) is 48.9 Å². The smallest absolute Gasteiger partial charge is 0.268 e. The van der Waals surface area contributed by atoms with E-state index >= 15 is 0 Å². The van der Waals surface area contributed by atoms with Gasteiger partial charge in [-0.1, -0.05) is 12.1 Å². The highest BCUT2D eigenvalue weighted by Crippen LogP contribution is 2.21. The molecule has 4 nitrogen and oxygen atoms in total. The molecule has 1 aromatic heterocycles. The molecule has 0 saturated carbocycles. The number of anilines is 1. The van der Waals surface area contributed by atoms with Crippen LogP contribution < -0.4 is 11.1 Å². The average Bonchev–Trinajstić information content (AvgIpc) is 2.82. The molecule has 0 aliphatic heterocycles. The zero-order chi connectivity index (χ0) is 15.6. The van der Waals surface area contributed by atoms with E-state index in [4.69, 9.17) is 5.73 Å². The number of hydrogen-bond acceptors (Lipinski definition) is 2. The lowest BCUT2D eigenvalue weighted by Gasteiger charge is -2.17. The minimum absolute atomic E-state index is 0.0765. The summed E-state index contributed by atoms with van der Waals surface area (Å²) in [5.74, 6) is -0.0845. The van der Waals surface area contributed by atoms with Gasteiger partial charge in [0.15, 0.2) is 0 Å². The van der Waals surface area contributed by atoms with Crippen LogP contribution in [-0.2, 0) is 0 Å². The fourth-order valence-corrected chi connectivity index (χ4v) is 2.63. The van der Waals surface area contributed by atoms with Crippen LogP contribution in [0.25, 0.3) is 0 Å². The molecule has 0 fully saturated rings. The highest BCUT2D eigenvalue weighted by Gasteiger charge is 2.17. The van der Waals surface area contributed by atoms with E-state index in [9.17, 15) is 4.79 Å². The second-order valence-electron chi connectivity index (χ2n) is 5.41.